The van der Waals surface area contributed by atoms with E-state index in [1.807, 2.05) is 0 Å². The molecule has 4 aliphatic rings. The van der Waals surface area contributed by atoms with E-state index in [1.54, 1.807) is 20.8 Å². The molecule has 3 saturated carbocycles. The average molecular weight is 515 g/mol. The number of aliphatic hydroxyl groups is 1. The number of carbonyl (C=O) groups excluding carboxylic acids is 3. The summed E-state index contributed by atoms with van der Waals surface area (Å²) in [5, 5.41) is 11.1. The van der Waals surface area contributed by atoms with Crippen molar-refractivity contribution in [3.63, 3.8) is 0 Å². The number of methoxy groups -OCH3 is 1. The van der Waals surface area contributed by atoms with Crippen LogP contribution in [0.2, 0.25) is 0 Å². The molecule has 0 spiro atoms. The average Bonchev–Trinajstić information content (AvgIpc) is 3.00. The van der Waals surface area contributed by atoms with E-state index in [-0.39, 0.29) is 36.5 Å². The number of esters is 1. The quantitative estimate of drug-likeness (QED) is 0.557. The summed E-state index contributed by atoms with van der Waals surface area (Å²) in [6.07, 6.45) is -1.06. The Bertz CT molecular complexity index is 1030. The number of carbonyl (C=O) groups is 3. The number of ether oxygens (including phenoxy) is 2. The smallest absolute Gasteiger partial charge is 0.306 e. The second-order valence-corrected chi connectivity index (χ2v) is 11.4. The summed E-state index contributed by atoms with van der Waals surface area (Å²) >= 11 is 6.20. The van der Waals surface area contributed by atoms with Crippen molar-refractivity contribution in [3.05, 3.63) is 22.8 Å². The van der Waals surface area contributed by atoms with Gasteiger partial charge in [0.2, 0.25) is 5.78 Å². The Labute approximate surface area is 209 Å². The van der Waals surface area contributed by atoms with Gasteiger partial charge in [-0.15, -0.1) is 0 Å². The summed E-state index contributed by atoms with van der Waals surface area (Å²) in [7, 11) is 1.36. The van der Waals surface area contributed by atoms with Crippen LogP contribution < -0.4 is 0 Å². The number of aliphatic hydroxyl groups excluding tert-OH is 1. The minimum Gasteiger partial charge on any atom is -0.450 e. The molecule has 3 unspecified atom stereocenters. The molecule has 6 nitrogen and oxygen atoms in total. The Morgan fingerprint density at radius 1 is 1.26 bits per heavy atom. The first kappa shape index (κ1) is 26.4. The number of alkyl halides is 2. The summed E-state index contributed by atoms with van der Waals surface area (Å²) in [6.45, 7) is 6.27. The third-order valence-electron chi connectivity index (χ3n) is 9.50. The van der Waals surface area contributed by atoms with Crippen LogP contribution in [-0.2, 0) is 23.9 Å². The Balaban J connectivity index is 1.89. The molecule has 3 fully saturated rings. The fourth-order valence-electron chi connectivity index (χ4n) is 7.97. The fraction of sp³-hybridized carbons (Fsp3) is 0.731. The molecule has 0 aliphatic heterocycles. The predicted molar refractivity (Wildman–Crippen MR) is 124 cm³/mol. The SMILES string of the molecule is CCC(=O)O[C@]1(C(=O)COC)C(C)C[C@H]2[C@@H]3CC(F)C4=C(Cl)C(=O)C=C[C@]4(C)[C@@]3(F)C(O)C[C@@]21C. The van der Waals surface area contributed by atoms with Crippen molar-refractivity contribution in [3.8, 4) is 0 Å². The van der Waals surface area contributed by atoms with Crippen LogP contribution >= 0.6 is 11.6 Å². The standard InChI is InChI=1S/C26H33ClF2O6/c1-6-20(33)35-26(19(32)12-34-5)13(2)9-14-15-10-16(28)21-22(27)17(30)7-8-23(21,3)25(15,29)18(31)11-24(14,26)4/h7-8,13-16,18,31H,6,9-12H2,1-5H3/t13?,14-,15-,16?,18?,23-,24-,25-,26-/m0/s1. The first-order chi connectivity index (χ1) is 16.3. The third-order valence-corrected chi connectivity index (χ3v) is 9.89. The number of fused-ring (bicyclic) bond motifs is 5. The molecular formula is C26H33ClF2O6. The third kappa shape index (κ3) is 3.15. The molecule has 9 heteroatoms. The zero-order valence-electron chi connectivity index (χ0n) is 20.7. The lowest BCUT2D eigenvalue weighted by Gasteiger charge is -2.63. The van der Waals surface area contributed by atoms with Gasteiger partial charge in [0.15, 0.2) is 17.1 Å². The van der Waals surface area contributed by atoms with E-state index in [9.17, 15) is 19.5 Å². The van der Waals surface area contributed by atoms with Gasteiger partial charge in [0.25, 0.3) is 0 Å². The molecule has 0 bridgehead atoms. The molecule has 0 aromatic carbocycles. The zero-order valence-corrected chi connectivity index (χ0v) is 21.5. The Hall–Kier alpha value is -1.64. The van der Waals surface area contributed by atoms with E-state index in [0.29, 0.717) is 6.42 Å². The highest BCUT2D eigenvalue weighted by Gasteiger charge is 2.78. The molecular weight excluding hydrogens is 482 g/mol. The normalized spacial score (nSPS) is 46.7. The Morgan fingerprint density at radius 2 is 1.91 bits per heavy atom. The first-order valence-corrected chi connectivity index (χ1v) is 12.5. The van der Waals surface area contributed by atoms with Crippen molar-refractivity contribution in [2.45, 2.75) is 76.9 Å². The van der Waals surface area contributed by atoms with Gasteiger partial charge in [-0.05, 0) is 43.8 Å². The van der Waals surface area contributed by atoms with Crippen molar-refractivity contribution >= 4 is 29.1 Å². The molecule has 0 radical (unpaired) electrons. The van der Waals surface area contributed by atoms with Crippen LogP contribution in [0.1, 0.15) is 53.4 Å². The van der Waals surface area contributed by atoms with Crippen LogP contribution in [0.25, 0.3) is 0 Å². The lowest BCUT2D eigenvalue weighted by molar-refractivity contribution is -0.231. The lowest BCUT2D eigenvalue weighted by atomic mass is 9.44. The second-order valence-electron chi connectivity index (χ2n) is 11.0. The lowest BCUT2D eigenvalue weighted by Crippen LogP contribution is -2.71. The minimum absolute atomic E-state index is 0.0324. The van der Waals surface area contributed by atoms with E-state index in [2.05, 4.69) is 0 Å². The first-order valence-electron chi connectivity index (χ1n) is 12.1. The topological polar surface area (TPSA) is 89.9 Å². The van der Waals surface area contributed by atoms with Gasteiger partial charge in [-0.25, -0.2) is 8.78 Å². The van der Waals surface area contributed by atoms with Gasteiger partial charge in [0, 0.05) is 36.2 Å². The molecule has 0 saturated heterocycles. The molecule has 194 valence electrons. The predicted octanol–water partition coefficient (Wildman–Crippen LogP) is 4.03. The van der Waals surface area contributed by atoms with E-state index in [0.717, 1.165) is 6.08 Å². The molecule has 4 aliphatic carbocycles. The van der Waals surface area contributed by atoms with Crippen LogP contribution in [0.3, 0.4) is 0 Å². The van der Waals surface area contributed by atoms with Crippen LogP contribution in [0, 0.1) is 28.6 Å². The van der Waals surface area contributed by atoms with Gasteiger partial charge in [0.05, 0.1) is 11.1 Å². The van der Waals surface area contributed by atoms with E-state index >= 15 is 8.78 Å². The van der Waals surface area contributed by atoms with E-state index in [4.69, 9.17) is 21.1 Å². The number of rotatable bonds is 5. The van der Waals surface area contributed by atoms with Gasteiger partial charge < -0.3 is 14.6 Å². The van der Waals surface area contributed by atoms with Gasteiger partial charge in [-0.3, -0.25) is 14.4 Å². The molecule has 9 atom stereocenters. The fourth-order valence-corrected chi connectivity index (χ4v) is 8.35. The highest BCUT2D eigenvalue weighted by Crippen LogP contribution is 2.72. The maximum absolute atomic E-state index is 17.4. The molecule has 0 aromatic rings. The molecule has 35 heavy (non-hydrogen) atoms. The second kappa shape index (κ2) is 8.45. The highest BCUT2D eigenvalue weighted by atomic mass is 35.5. The van der Waals surface area contributed by atoms with Crippen molar-refractivity contribution in [1.82, 2.24) is 0 Å². The molecule has 0 amide bonds. The van der Waals surface area contributed by atoms with Crippen molar-refractivity contribution in [2.75, 3.05) is 13.7 Å². The van der Waals surface area contributed by atoms with E-state index < -0.39 is 69.7 Å². The molecule has 4 rings (SSSR count). The summed E-state index contributed by atoms with van der Waals surface area (Å²) in [4.78, 5) is 38.3. The number of ketones is 2. The van der Waals surface area contributed by atoms with Crippen molar-refractivity contribution < 1.29 is 37.7 Å². The number of hydrogen-bond acceptors (Lipinski definition) is 6. The summed E-state index contributed by atoms with van der Waals surface area (Å²) in [6, 6.07) is 0. The summed E-state index contributed by atoms with van der Waals surface area (Å²) < 4.78 is 44.1. The number of Topliss-reactive ketones (excluding diaryl/α,β-unsaturated/α-hetero) is 1. The van der Waals surface area contributed by atoms with Gasteiger partial charge >= 0.3 is 5.97 Å². The van der Waals surface area contributed by atoms with Gasteiger partial charge in [-0.1, -0.05) is 38.4 Å². The van der Waals surface area contributed by atoms with Crippen LogP contribution in [0.5, 0.6) is 0 Å². The van der Waals surface area contributed by atoms with Crippen molar-refractivity contribution in [2.24, 2.45) is 28.6 Å². The zero-order chi connectivity index (χ0) is 26.1. The highest BCUT2D eigenvalue weighted by molar-refractivity contribution is 6.45. The largest absolute Gasteiger partial charge is 0.450 e. The monoisotopic (exact) mass is 514 g/mol. The maximum atomic E-state index is 17.4. The van der Waals surface area contributed by atoms with E-state index in [1.165, 1.54) is 20.1 Å². The Morgan fingerprint density at radius 3 is 2.51 bits per heavy atom. The maximum Gasteiger partial charge on any atom is 0.306 e. The summed E-state index contributed by atoms with van der Waals surface area (Å²) in [5.74, 6) is -3.74. The number of allylic oxidation sites excluding steroid dienone is 4. The Kier molecular flexibility index (Phi) is 6.38. The summed E-state index contributed by atoms with van der Waals surface area (Å²) in [5.41, 5.74) is -6.95. The number of halogens is 3. The number of hydrogen-bond donors (Lipinski definition) is 1. The molecule has 1 N–H and O–H groups in total. The van der Waals surface area contributed by atoms with Crippen LogP contribution in [0.4, 0.5) is 8.78 Å². The van der Waals surface area contributed by atoms with Gasteiger partial charge in [0.1, 0.15) is 12.8 Å². The molecule has 0 heterocycles. The van der Waals surface area contributed by atoms with Crippen LogP contribution in [-0.4, -0.2) is 59.9 Å². The van der Waals surface area contributed by atoms with Gasteiger partial charge in [-0.2, -0.15) is 0 Å². The minimum atomic E-state index is -2.35. The van der Waals surface area contributed by atoms with Crippen molar-refractivity contribution in [1.29, 1.82) is 0 Å². The molecule has 0 aromatic heterocycles. The van der Waals surface area contributed by atoms with Crippen LogP contribution in [0.15, 0.2) is 22.8 Å².